The molecule has 1 N–H and O–H groups in total. The number of fused-ring (bicyclic) bond motifs is 2. The lowest BCUT2D eigenvalue weighted by Gasteiger charge is -2.43. The van der Waals surface area contributed by atoms with Gasteiger partial charge in [-0.2, -0.15) is 0 Å². The quantitative estimate of drug-likeness (QED) is 0.810. The molecule has 4 aliphatic rings. The van der Waals surface area contributed by atoms with Crippen LogP contribution in [0.25, 0.3) is 0 Å². The molecule has 1 amide bonds. The summed E-state index contributed by atoms with van der Waals surface area (Å²) in [6, 6.07) is 2.44. The molecule has 1 aromatic heterocycles. The van der Waals surface area contributed by atoms with Crippen LogP contribution in [-0.4, -0.2) is 45.4 Å². The van der Waals surface area contributed by atoms with Crippen LogP contribution < -0.4 is 0 Å². The van der Waals surface area contributed by atoms with Crippen LogP contribution in [0, 0.1) is 17.8 Å². The summed E-state index contributed by atoms with van der Waals surface area (Å²) in [7, 11) is 0. The Kier molecular flexibility index (Phi) is 2.74. The first-order valence-corrected chi connectivity index (χ1v) is 8.44. The van der Waals surface area contributed by atoms with Gasteiger partial charge in [0.15, 0.2) is 0 Å². The van der Waals surface area contributed by atoms with E-state index in [0.29, 0.717) is 5.76 Å². The molecule has 7 nitrogen and oxygen atoms in total. The largest absolute Gasteiger partial charge is 0.481 e. The van der Waals surface area contributed by atoms with Crippen LogP contribution >= 0.6 is 0 Å². The topological polar surface area (TPSA) is 97.1 Å². The highest BCUT2D eigenvalue weighted by Crippen LogP contribution is 2.59. The molecule has 0 aromatic carbocycles. The number of piperidine rings is 1. The minimum Gasteiger partial charge on any atom is -0.481 e. The molecule has 0 unspecified atom stereocenters. The Labute approximate surface area is 143 Å². The summed E-state index contributed by atoms with van der Waals surface area (Å²) in [6.45, 7) is 1.79. The van der Waals surface area contributed by atoms with Gasteiger partial charge in [-0.15, -0.1) is 0 Å². The summed E-state index contributed by atoms with van der Waals surface area (Å²) in [5.41, 5.74) is -1.04. The molecule has 5 heterocycles. The Morgan fingerprint density at radius 2 is 2.20 bits per heavy atom. The predicted molar refractivity (Wildman–Crippen MR) is 82.2 cm³/mol. The van der Waals surface area contributed by atoms with Gasteiger partial charge in [-0.25, -0.2) is 0 Å². The van der Waals surface area contributed by atoms with Gasteiger partial charge in [-0.1, -0.05) is 19.1 Å². The van der Waals surface area contributed by atoms with Crippen LogP contribution in [0.3, 0.4) is 0 Å². The second-order valence-electron chi connectivity index (χ2n) is 7.32. The second kappa shape index (κ2) is 4.60. The molecule has 7 atom stereocenters. The molecule has 0 radical (unpaired) electrons. The van der Waals surface area contributed by atoms with Crippen molar-refractivity contribution < 1.29 is 28.6 Å². The van der Waals surface area contributed by atoms with Gasteiger partial charge >= 0.3 is 5.97 Å². The average Bonchev–Trinajstić information content (AvgIpc) is 3.32. The fourth-order valence-electron chi connectivity index (χ4n) is 5.25. The third-order valence-electron chi connectivity index (χ3n) is 6.24. The molecule has 1 aromatic rings. The Balaban J connectivity index is 1.67. The Bertz CT molecular complexity index is 814. The zero-order valence-electron chi connectivity index (χ0n) is 13.5. The number of nitrogens with zero attached hydrogens (tertiary/aromatic N) is 1. The van der Waals surface area contributed by atoms with Crippen LogP contribution in [0.1, 0.15) is 25.1 Å². The molecule has 1 spiro atoms. The first-order chi connectivity index (χ1) is 12.0. The smallest absolute Gasteiger partial charge is 0.310 e. The van der Waals surface area contributed by atoms with Gasteiger partial charge in [0, 0.05) is 12.3 Å². The van der Waals surface area contributed by atoms with Crippen molar-refractivity contribution in [2.75, 3.05) is 0 Å². The highest BCUT2D eigenvalue weighted by Gasteiger charge is 2.74. The SMILES string of the molecule is C[C@@H]1C(=O)C[C@H](c2ccco2)N2C(=O)[C@@H]3[C@H](C(=O)O)[C@H]4C=C[C@@]3(O4)[C@@H]12. The van der Waals surface area contributed by atoms with Gasteiger partial charge in [0.25, 0.3) is 0 Å². The van der Waals surface area contributed by atoms with Crippen LogP contribution in [0.5, 0.6) is 0 Å². The van der Waals surface area contributed by atoms with Crippen LogP contribution in [0.4, 0.5) is 0 Å². The summed E-state index contributed by atoms with van der Waals surface area (Å²) in [4.78, 5) is 39.3. The highest BCUT2D eigenvalue weighted by molar-refractivity contribution is 5.95. The molecule has 0 aliphatic carbocycles. The van der Waals surface area contributed by atoms with Crippen molar-refractivity contribution in [2.24, 2.45) is 17.8 Å². The highest BCUT2D eigenvalue weighted by atomic mass is 16.5. The molecule has 7 heteroatoms. The number of aliphatic carboxylic acids is 1. The number of Topliss-reactive ketones (excluding diaryl/α,β-unsaturated/α-hetero) is 1. The zero-order valence-corrected chi connectivity index (χ0v) is 13.5. The third-order valence-corrected chi connectivity index (χ3v) is 6.24. The summed E-state index contributed by atoms with van der Waals surface area (Å²) >= 11 is 0. The zero-order chi connectivity index (χ0) is 17.5. The minimum absolute atomic E-state index is 0.0321. The van der Waals surface area contributed by atoms with Gasteiger partial charge in [0.05, 0.1) is 30.4 Å². The molecule has 3 saturated heterocycles. The number of carbonyl (C=O) groups excluding carboxylic acids is 2. The standard InChI is InChI=1S/C18H17NO6/c1-8-10(20)7-9(11-3-2-6-24-11)19-15(8)18-5-4-12(25-18)13(17(22)23)14(18)16(19)21/h2-6,8-9,12-15H,7H2,1H3,(H,22,23)/t8-,9-,12-,13-,14+,15-,18+/m1/s1. The van der Waals surface area contributed by atoms with Gasteiger partial charge in [-0.05, 0) is 12.1 Å². The van der Waals surface area contributed by atoms with Crippen molar-refractivity contribution in [3.63, 3.8) is 0 Å². The van der Waals surface area contributed by atoms with E-state index in [9.17, 15) is 19.5 Å². The van der Waals surface area contributed by atoms with E-state index in [1.807, 2.05) is 0 Å². The van der Waals surface area contributed by atoms with Crippen molar-refractivity contribution in [2.45, 2.75) is 37.1 Å². The lowest BCUT2D eigenvalue weighted by atomic mass is 9.71. The number of amides is 1. The lowest BCUT2D eigenvalue weighted by Crippen LogP contribution is -2.55. The van der Waals surface area contributed by atoms with Gasteiger partial charge in [0.2, 0.25) is 5.91 Å². The van der Waals surface area contributed by atoms with E-state index in [0.717, 1.165) is 0 Å². The first kappa shape index (κ1) is 14.9. The van der Waals surface area contributed by atoms with Crippen LogP contribution in [0.2, 0.25) is 0 Å². The van der Waals surface area contributed by atoms with E-state index in [-0.39, 0.29) is 18.1 Å². The Morgan fingerprint density at radius 1 is 1.40 bits per heavy atom. The summed E-state index contributed by atoms with van der Waals surface area (Å²) in [6.07, 6.45) is 4.59. The van der Waals surface area contributed by atoms with E-state index >= 15 is 0 Å². The number of carbonyl (C=O) groups is 3. The molecular weight excluding hydrogens is 326 g/mol. The molecule has 2 bridgehead atoms. The Hall–Kier alpha value is -2.41. The fourth-order valence-corrected chi connectivity index (χ4v) is 5.25. The predicted octanol–water partition coefficient (Wildman–Crippen LogP) is 1.16. The number of carboxylic acid groups (broad SMARTS) is 1. The number of rotatable bonds is 2. The van der Waals surface area contributed by atoms with Crippen molar-refractivity contribution in [1.29, 1.82) is 0 Å². The van der Waals surface area contributed by atoms with Gasteiger partial charge in [0.1, 0.15) is 23.1 Å². The average molecular weight is 343 g/mol. The normalized spacial score (nSPS) is 44.3. The number of hydrogen-bond acceptors (Lipinski definition) is 5. The minimum atomic E-state index is -1.04. The summed E-state index contributed by atoms with van der Waals surface area (Å²) in [5.74, 6) is -2.85. The number of ether oxygens (including phenoxy) is 1. The molecule has 130 valence electrons. The first-order valence-electron chi connectivity index (χ1n) is 8.44. The summed E-state index contributed by atoms with van der Waals surface area (Å²) < 4.78 is 11.5. The number of furan rings is 1. The van der Waals surface area contributed by atoms with Gasteiger partial charge in [-0.3, -0.25) is 14.4 Å². The molecule has 0 saturated carbocycles. The lowest BCUT2D eigenvalue weighted by molar-refractivity contribution is -0.152. The Morgan fingerprint density at radius 3 is 2.88 bits per heavy atom. The summed E-state index contributed by atoms with van der Waals surface area (Å²) in [5, 5.41) is 9.63. The van der Waals surface area contributed by atoms with E-state index in [1.54, 1.807) is 36.1 Å². The third kappa shape index (κ3) is 1.62. The molecule has 3 fully saturated rings. The number of carboxylic acids is 1. The molecular formula is C18H17NO6. The van der Waals surface area contributed by atoms with Crippen molar-refractivity contribution >= 4 is 17.7 Å². The maximum Gasteiger partial charge on any atom is 0.310 e. The molecule has 5 rings (SSSR count). The van der Waals surface area contributed by atoms with Crippen molar-refractivity contribution in [3.05, 3.63) is 36.3 Å². The van der Waals surface area contributed by atoms with E-state index in [2.05, 4.69) is 0 Å². The number of ketones is 1. The van der Waals surface area contributed by atoms with Crippen LogP contribution in [-0.2, 0) is 19.1 Å². The van der Waals surface area contributed by atoms with E-state index in [1.165, 1.54) is 6.26 Å². The van der Waals surface area contributed by atoms with Gasteiger partial charge < -0.3 is 19.2 Å². The fraction of sp³-hybridized carbons (Fsp3) is 0.500. The molecule has 25 heavy (non-hydrogen) atoms. The maximum atomic E-state index is 13.3. The van der Waals surface area contributed by atoms with Crippen molar-refractivity contribution in [3.8, 4) is 0 Å². The monoisotopic (exact) mass is 343 g/mol. The van der Waals surface area contributed by atoms with Crippen LogP contribution in [0.15, 0.2) is 35.0 Å². The van der Waals surface area contributed by atoms with Crippen molar-refractivity contribution in [1.82, 2.24) is 4.90 Å². The maximum absolute atomic E-state index is 13.3. The molecule has 4 aliphatic heterocycles. The number of hydrogen-bond donors (Lipinski definition) is 1. The second-order valence-corrected chi connectivity index (χ2v) is 7.32. The van der Waals surface area contributed by atoms with E-state index in [4.69, 9.17) is 9.15 Å². The van der Waals surface area contributed by atoms with E-state index < -0.39 is 47.5 Å².